The van der Waals surface area contributed by atoms with Gasteiger partial charge in [0.2, 0.25) is 11.8 Å². The van der Waals surface area contributed by atoms with Crippen LogP contribution in [-0.4, -0.2) is 65.3 Å². The molecule has 3 aromatic rings. The highest BCUT2D eigenvalue weighted by Crippen LogP contribution is 2.43. The van der Waals surface area contributed by atoms with Crippen LogP contribution in [0, 0.1) is 11.8 Å². The van der Waals surface area contributed by atoms with Crippen LogP contribution in [0.25, 0.3) is 5.65 Å². The highest BCUT2D eigenvalue weighted by molar-refractivity contribution is 6.18. The molecule has 0 radical (unpaired) electrons. The van der Waals surface area contributed by atoms with Gasteiger partial charge in [-0.25, -0.2) is 27.1 Å². The molecule has 18 heteroatoms. The lowest BCUT2D eigenvalue weighted by Gasteiger charge is -2.33. The summed E-state index contributed by atoms with van der Waals surface area (Å²) < 4.78 is 94.3. The van der Waals surface area contributed by atoms with E-state index in [0.717, 1.165) is 12.8 Å². The van der Waals surface area contributed by atoms with Crippen molar-refractivity contribution in [1.29, 1.82) is 0 Å². The molecule has 0 bridgehead atoms. The number of halogens is 8. The van der Waals surface area contributed by atoms with E-state index in [4.69, 9.17) is 11.6 Å². The molecule has 5 rings (SSSR count). The van der Waals surface area contributed by atoms with Crippen molar-refractivity contribution in [1.82, 2.24) is 40.2 Å². The number of fused-ring (bicyclic) bond motifs is 1. The molecular formula is C30H36ClF7N8O2. The van der Waals surface area contributed by atoms with Crippen molar-refractivity contribution in [3.8, 4) is 0 Å². The average Bonchev–Trinajstić information content (AvgIpc) is 3.60. The summed E-state index contributed by atoms with van der Waals surface area (Å²) in [6.45, 7) is 0.192. The third-order valence-corrected chi connectivity index (χ3v) is 9.11. The Morgan fingerprint density at radius 3 is 2.33 bits per heavy atom. The maximum absolute atomic E-state index is 14.1. The highest BCUT2D eigenvalue weighted by atomic mass is 35.5. The Balaban J connectivity index is 1.31. The summed E-state index contributed by atoms with van der Waals surface area (Å²) >= 11 is 5.26. The number of nitrogens with one attached hydrogen (secondary N) is 2. The van der Waals surface area contributed by atoms with Gasteiger partial charge < -0.3 is 10.6 Å². The second-order valence-electron chi connectivity index (χ2n) is 12.7. The lowest BCUT2D eigenvalue weighted by atomic mass is 9.81. The minimum atomic E-state index is -4.46. The summed E-state index contributed by atoms with van der Waals surface area (Å²) in [5.41, 5.74) is 1.20. The van der Waals surface area contributed by atoms with Gasteiger partial charge in [0.25, 0.3) is 11.8 Å². The SMILES string of the molecule is O=C(CCC(F)(F)F)N[C@@H](c1cnn2cc([C@@H](NC(=O)c3cnn(CCCCC(F)(F)CCl)n3)C3CCC(F)(F)CC3)nc2c1)C1CC1. The van der Waals surface area contributed by atoms with Crippen molar-refractivity contribution in [2.75, 3.05) is 5.88 Å². The average molecular weight is 709 g/mol. The van der Waals surface area contributed by atoms with E-state index in [1.807, 2.05) is 0 Å². The van der Waals surface area contributed by atoms with Gasteiger partial charge in [-0.2, -0.15) is 28.2 Å². The van der Waals surface area contributed by atoms with Gasteiger partial charge >= 0.3 is 6.18 Å². The van der Waals surface area contributed by atoms with Gasteiger partial charge in [-0.05, 0) is 62.0 Å². The van der Waals surface area contributed by atoms with Gasteiger partial charge in [-0.3, -0.25) is 9.59 Å². The van der Waals surface area contributed by atoms with Crippen molar-refractivity contribution < 1.29 is 40.3 Å². The molecule has 3 heterocycles. The number of carbonyl (C=O) groups excluding carboxylic acids is 2. The first-order valence-electron chi connectivity index (χ1n) is 15.9. The summed E-state index contributed by atoms with van der Waals surface area (Å²) in [5.74, 6) is -8.27. The van der Waals surface area contributed by atoms with E-state index in [9.17, 15) is 40.3 Å². The normalized spacial score (nSPS) is 18.5. The Labute approximate surface area is 276 Å². The zero-order valence-corrected chi connectivity index (χ0v) is 26.6. The van der Waals surface area contributed by atoms with Crippen molar-refractivity contribution in [3.05, 3.63) is 41.6 Å². The molecule has 0 spiro atoms. The number of aryl methyl sites for hydroxylation is 1. The van der Waals surface area contributed by atoms with Gasteiger partial charge in [0.05, 0.1) is 55.2 Å². The fraction of sp³-hybridized carbons (Fsp3) is 0.667. The number of hydrogen-bond donors (Lipinski definition) is 2. The Morgan fingerprint density at radius 1 is 0.958 bits per heavy atom. The van der Waals surface area contributed by atoms with Crippen LogP contribution >= 0.6 is 11.6 Å². The van der Waals surface area contributed by atoms with Gasteiger partial charge in [0, 0.05) is 25.7 Å². The summed E-state index contributed by atoms with van der Waals surface area (Å²) in [5, 5.41) is 18.1. The number of unbranched alkanes of at least 4 members (excludes halogenated alkanes) is 1. The van der Waals surface area contributed by atoms with E-state index >= 15 is 0 Å². The number of rotatable bonds is 15. The monoisotopic (exact) mass is 708 g/mol. The van der Waals surface area contributed by atoms with Gasteiger partial charge in [0.15, 0.2) is 11.3 Å². The van der Waals surface area contributed by atoms with E-state index in [0.29, 0.717) is 23.3 Å². The van der Waals surface area contributed by atoms with E-state index in [-0.39, 0.29) is 56.7 Å². The number of alkyl halides is 8. The molecule has 264 valence electrons. The number of aromatic nitrogens is 6. The fourth-order valence-corrected chi connectivity index (χ4v) is 6.02. The van der Waals surface area contributed by atoms with E-state index in [1.54, 1.807) is 12.3 Å². The molecule has 0 saturated heterocycles. The van der Waals surface area contributed by atoms with Crippen LogP contribution in [0.3, 0.4) is 0 Å². The minimum Gasteiger partial charge on any atom is -0.349 e. The molecule has 2 atom stereocenters. The quantitative estimate of drug-likeness (QED) is 0.105. The summed E-state index contributed by atoms with van der Waals surface area (Å²) in [6.07, 6.45) is -0.925. The first-order valence-corrected chi connectivity index (χ1v) is 16.4. The second-order valence-corrected chi connectivity index (χ2v) is 12.9. The Hall–Kier alpha value is -3.50. The van der Waals surface area contributed by atoms with Crippen molar-refractivity contribution in [2.45, 2.75) is 107 Å². The number of nitrogens with zero attached hydrogens (tertiary/aromatic N) is 6. The fourth-order valence-electron chi connectivity index (χ4n) is 5.89. The van der Waals surface area contributed by atoms with Crippen LogP contribution in [0.4, 0.5) is 30.7 Å². The topological polar surface area (TPSA) is 119 Å². The van der Waals surface area contributed by atoms with Crippen LogP contribution in [0.15, 0.2) is 24.7 Å². The first kappa shape index (κ1) is 35.8. The number of imidazole rings is 1. The molecule has 2 N–H and O–H groups in total. The van der Waals surface area contributed by atoms with Gasteiger partial charge in [-0.15, -0.1) is 16.7 Å². The molecular weight excluding hydrogens is 673 g/mol. The van der Waals surface area contributed by atoms with E-state index in [1.165, 1.54) is 21.7 Å². The van der Waals surface area contributed by atoms with Crippen LogP contribution in [0.1, 0.15) is 104 Å². The minimum absolute atomic E-state index is 0.0365. The second kappa shape index (κ2) is 14.5. The molecule has 2 aliphatic rings. The number of hydrogen-bond acceptors (Lipinski definition) is 6. The highest BCUT2D eigenvalue weighted by Gasteiger charge is 2.40. The summed E-state index contributed by atoms with van der Waals surface area (Å²) in [7, 11) is 0. The standard InChI is InChI=1S/C30H36ClF7N8O2/c31-17-29(34,35)8-1-2-12-46-40-15-21(44-46)27(48)43-26(19-5-9-28(32,33)10-6-19)22-16-45-23(41-22)13-20(14-39-45)25(18-3-4-18)42-24(47)7-11-30(36,37)38/h13-16,18-19,25-26H,1-12,17H2,(H,42,47)(H,43,48)/t25-,26+/m1/s1. The summed E-state index contributed by atoms with van der Waals surface area (Å²) in [6, 6.07) is 0.299. The maximum Gasteiger partial charge on any atom is 0.389 e. The zero-order chi connectivity index (χ0) is 34.7. The molecule has 0 aromatic carbocycles. The molecule has 2 aliphatic carbocycles. The largest absolute Gasteiger partial charge is 0.389 e. The lowest BCUT2D eigenvalue weighted by molar-refractivity contribution is -0.144. The van der Waals surface area contributed by atoms with Crippen molar-refractivity contribution in [2.24, 2.45) is 11.8 Å². The third-order valence-electron chi connectivity index (χ3n) is 8.72. The van der Waals surface area contributed by atoms with E-state index in [2.05, 4.69) is 30.9 Å². The van der Waals surface area contributed by atoms with Crippen LogP contribution < -0.4 is 10.6 Å². The molecule has 10 nitrogen and oxygen atoms in total. The molecule has 3 aromatic heterocycles. The van der Waals surface area contributed by atoms with Gasteiger partial charge in [0.1, 0.15) is 0 Å². The zero-order valence-electron chi connectivity index (χ0n) is 25.8. The Morgan fingerprint density at radius 2 is 1.67 bits per heavy atom. The Bertz CT molecular complexity index is 1570. The third kappa shape index (κ3) is 9.78. The van der Waals surface area contributed by atoms with E-state index < -0.39 is 66.6 Å². The smallest absolute Gasteiger partial charge is 0.349 e. The van der Waals surface area contributed by atoms with Crippen LogP contribution in [0.5, 0.6) is 0 Å². The first-order chi connectivity index (χ1) is 22.6. The molecule has 0 aliphatic heterocycles. The lowest BCUT2D eigenvalue weighted by Crippen LogP contribution is -2.37. The van der Waals surface area contributed by atoms with Crippen LogP contribution in [-0.2, 0) is 11.3 Å². The maximum atomic E-state index is 14.1. The number of amides is 2. The predicted molar refractivity (Wildman–Crippen MR) is 159 cm³/mol. The predicted octanol–water partition coefficient (Wildman–Crippen LogP) is 6.57. The van der Waals surface area contributed by atoms with Crippen molar-refractivity contribution in [3.63, 3.8) is 0 Å². The molecule has 0 unspecified atom stereocenters. The van der Waals surface area contributed by atoms with Crippen molar-refractivity contribution >= 4 is 29.1 Å². The van der Waals surface area contributed by atoms with Crippen LogP contribution in [0.2, 0.25) is 0 Å². The van der Waals surface area contributed by atoms with Gasteiger partial charge in [-0.1, -0.05) is 0 Å². The molecule has 48 heavy (non-hydrogen) atoms. The summed E-state index contributed by atoms with van der Waals surface area (Å²) in [4.78, 5) is 31.5. The Kier molecular flexibility index (Phi) is 10.8. The molecule has 2 amide bonds. The number of carbonyl (C=O) groups is 2. The molecule has 2 saturated carbocycles. The molecule has 2 fully saturated rings.